The van der Waals surface area contributed by atoms with Gasteiger partial charge in [0.2, 0.25) is 5.91 Å². The number of halogens is 1. The summed E-state index contributed by atoms with van der Waals surface area (Å²) in [6, 6.07) is 12.5. The fraction of sp³-hybridized carbons (Fsp3) is 0.548. The van der Waals surface area contributed by atoms with Crippen molar-refractivity contribution in [2.75, 3.05) is 36.4 Å². The van der Waals surface area contributed by atoms with Crippen LogP contribution in [0, 0.1) is 11.7 Å². The molecular formula is C31H42FN5O2. The SMILES string of the molecule is NC1CCCCC1NC(=O)c1ccc(CN2CCN(c3ccccc3F)CC2)c(NC(=O)C2CCCCC2)c1. The molecule has 2 saturated carbocycles. The third-order valence-corrected chi connectivity index (χ3v) is 8.70. The molecule has 0 aromatic heterocycles. The summed E-state index contributed by atoms with van der Waals surface area (Å²) in [5, 5.41) is 6.32. The Balaban J connectivity index is 1.29. The maximum atomic E-state index is 14.3. The van der Waals surface area contributed by atoms with Crippen molar-refractivity contribution in [1.82, 2.24) is 10.2 Å². The Morgan fingerprint density at radius 2 is 1.62 bits per heavy atom. The summed E-state index contributed by atoms with van der Waals surface area (Å²) in [5.74, 6) is -0.266. The molecule has 0 spiro atoms. The Kier molecular flexibility index (Phi) is 9.14. The van der Waals surface area contributed by atoms with Gasteiger partial charge in [-0.15, -0.1) is 0 Å². The summed E-state index contributed by atoms with van der Waals surface area (Å²) in [6.07, 6.45) is 9.19. The first kappa shape index (κ1) is 27.6. The van der Waals surface area contributed by atoms with E-state index in [4.69, 9.17) is 5.73 Å². The molecule has 2 aromatic carbocycles. The molecule has 5 rings (SSSR count). The van der Waals surface area contributed by atoms with E-state index in [-0.39, 0.29) is 35.6 Å². The Labute approximate surface area is 231 Å². The predicted octanol–water partition coefficient (Wildman–Crippen LogP) is 4.67. The van der Waals surface area contributed by atoms with E-state index in [1.54, 1.807) is 6.07 Å². The van der Waals surface area contributed by atoms with Crippen LogP contribution in [0.15, 0.2) is 42.5 Å². The van der Waals surface area contributed by atoms with E-state index in [0.29, 0.717) is 23.5 Å². The normalized spacial score (nSPS) is 22.9. The minimum Gasteiger partial charge on any atom is -0.367 e. The van der Waals surface area contributed by atoms with Crippen LogP contribution in [0.25, 0.3) is 0 Å². The van der Waals surface area contributed by atoms with Crippen molar-refractivity contribution in [2.24, 2.45) is 11.7 Å². The molecular weight excluding hydrogens is 493 g/mol. The second-order valence-corrected chi connectivity index (χ2v) is 11.4. The number of amides is 2. The quantitative estimate of drug-likeness (QED) is 0.480. The topological polar surface area (TPSA) is 90.7 Å². The number of carbonyl (C=O) groups excluding carboxylic acids is 2. The van der Waals surface area contributed by atoms with Gasteiger partial charge in [0.1, 0.15) is 5.82 Å². The number of carbonyl (C=O) groups is 2. The van der Waals surface area contributed by atoms with E-state index >= 15 is 0 Å². The summed E-state index contributed by atoms with van der Waals surface area (Å²) >= 11 is 0. The summed E-state index contributed by atoms with van der Waals surface area (Å²) in [4.78, 5) is 30.8. The van der Waals surface area contributed by atoms with E-state index in [1.165, 1.54) is 12.5 Å². The molecule has 3 fully saturated rings. The number of rotatable bonds is 7. The average Bonchev–Trinajstić information content (AvgIpc) is 2.96. The molecule has 3 aliphatic rings. The van der Waals surface area contributed by atoms with Gasteiger partial charge in [0, 0.05) is 62.0 Å². The zero-order chi connectivity index (χ0) is 27.2. The van der Waals surface area contributed by atoms with Gasteiger partial charge in [0.05, 0.1) is 5.69 Å². The van der Waals surface area contributed by atoms with Crippen LogP contribution >= 0.6 is 0 Å². The van der Waals surface area contributed by atoms with E-state index in [9.17, 15) is 14.0 Å². The van der Waals surface area contributed by atoms with Crippen LogP contribution in [0.1, 0.15) is 73.7 Å². The Bertz CT molecular complexity index is 1140. The first-order valence-electron chi connectivity index (χ1n) is 14.7. The van der Waals surface area contributed by atoms with Gasteiger partial charge in [0.15, 0.2) is 0 Å². The minimum absolute atomic E-state index is 0.0167. The Morgan fingerprint density at radius 3 is 2.36 bits per heavy atom. The number of benzene rings is 2. The lowest BCUT2D eigenvalue weighted by atomic mass is 9.88. The van der Waals surface area contributed by atoms with E-state index in [1.807, 2.05) is 30.3 Å². The standard InChI is InChI=1S/C31H42FN5O2/c32-25-10-4-7-13-29(25)37-18-16-36(17-19-37)21-24-15-14-23(31(39)34-27-12-6-5-11-26(27)33)20-28(24)35-30(38)22-8-2-1-3-9-22/h4,7,10,13-15,20,22,26-27H,1-3,5-6,8-9,11-12,16-19,21,33H2,(H,34,39)(H,35,38). The molecule has 2 aromatic rings. The zero-order valence-corrected chi connectivity index (χ0v) is 22.8. The van der Waals surface area contributed by atoms with E-state index in [0.717, 1.165) is 83.1 Å². The number of piperazine rings is 1. The number of para-hydroxylation sites is 1. The second-order valence-electron chi connectivity index (χ2n) is 11.4. The van der Waals surface area contributed by atoms with Crippen molar-refractivity contribution < 1.29 is 14.0 Å². The molecule has 210 valence electrons. The fourth-order valence-electron chi connectivity index (χ4n) is 6.26. The van der Waals surface area contributed by atoms with Crippen molar-refractivity contribution in [3.05, 3.63) is 59.4 Å². The highest BCUT2D eigenvalue weighted by Crippen LogP contribution is 2.28. The highest BCUT2D eigenvalue weighted by Gasteiger charge is 2.26. The minimum atomic E-state index is -0.193. The van der Waals surface area contributed by atoms with Crippen molar-refractivity contribution in [3.8, 4) is 0 Å². The Morgan fingerprint density at radius 1 is 0.897 bits per heavy atom. The third-order valence-electron chi connectivity index (χ3n) is 8.70. The average molecular weight is 536 g/mol. The molecule has 7 nitrogen and oxygen atoms in total. The maximum absolute atomic E-state index is 14.3. The summed E-state index contributed by atoms with van der Waals surface area (Å²) in [6.45, 7) is 3.68. The molecule has 39 heavy (non-hydrogen) atoms. The lowest BCUT2D eigenvalue weighted by Crippen LogP contribution is -2.49. The smallest absolute Gasteiger partial charge is 0.251 e. The van der Waals surface area contributed by atoms with Gasteiger partial charge in [-0.1, -0.05) is 50.3 Å². The molecule has 2 aliphatic carbocycles. The van der Waals surface area contributed by atoms with E-state index < -0.39 is 0 Å². The highest BCUT2D eigenvalue weighted by atomic mass is 19.1. The van der Waals surface area contributed by atoms with Crippen LogP contribution in [-0.4, -0.2) is 55.0 Å². The van der Waals surface area contributed by atoms with Crippen LogP contribution < -0.4 is 21.3 Å². The van der Waals surface area contributed by atoms with E-state index in [2.05, 4.69) is 20.4 Å². The maximum Gasteiger partial charge on any atom is 0.251 e. The number of nitrogens with two attached hydrogens (primary N) is 1. The third kappa shape index (κ3) is 6.97. The molecule has 0 radical (unpaired) electrons. The lowest BCUT2D eigenvalue weighted by molar-refractivity contribution is -0.120. The van der Waals surface area contributed by atoms with Crippen molar-refractivity contribution in [3.63, 3.8) is 0 Å². The van der Waals surface area contributed by atoms with Crippen LogP contribution in [0.4, 0.5) is 15.8 Å². The molecule has 1 aliphatic heterocycles. The van der Waals surface area contributed by atoms with Gasteiger partial charge in [-0.05, 0) is 55.5 Å². The fourth-order valence-corrected chi connectivity index (χ4v) is 6.26. The monoisotopic (exact) mass is 535 g/mol. The first-order chi connectivity index (χ1) is 19.0. The number of hydrogen-bond acceptors (Lipinski definition) is 5. The van der Waals surface area contributed by atoms with Crippen molar-refractivity contribution in [2.45, 2.75) is 76.4 Å². The molecule has 4 N–H and O–H groups in total. The van der Waals surface area contributed by atoms with Crippen molar-refractivity contribution >= 4 is 23.2 Å². The van der Waals surface area contributed by atoms with Crippen LogP contribution in [0.2, 0.25) is 0 Å². The van der Waals surface area contributed by atoms with Gasteiger partial charge in [-0.25, -0.2) is 4.39 Å². The molecule has 1 saturated heterocycles. The van der Waals surface area contributed by atoms with Gasteiger partial charge in [-0.3, -0.25) is 14.5 Å². The highest BCUT2D eigenvalue weighted by molar-refractivity contribution is 5.98. The predicted molar refractivity (Wildman–Crippen MR) is 153 cm³/mol. The molecule has 1 heterocycles. The molecule has 2 unspecified atom stereocenters. The van der Waals surface area contributed by atoms with Crippen LogP contribution in [0.3, 0.4) is 0 Å². The number of nitrogens with one attached hydrogen (secondary N) is 2. The van der Waals surface area contributed by atoms with Crippen molar-refractivity contribution in [1.29, 1.82) is 0 Å². The van der Waals surface area contributed by atoms with Crippen LogP contribution in [-0.2, 0) is 11.3 Å². The van der Waals surface area contributed by atoms with Gasteiger partial charge >= 0.3 is 0 Å². The molecule has 2 amide bonds. The van der Waals surface area contributed by atoms with Gasteiger partial charge in [-0.2, -0.15) is 0 Å². The Hall–Kier alpha value is -2.97. The largest absolute Gasteiger partial charge is 0.367 e. The summed E-state index contributed by atoms with van der Waals surface area (Å²) in [5.41, 5.74) is 9.15. The molecule has 2 atom stereocenters. The number of nitrogens with zero attached hydrogens (tertiary/aromatic N) is 2. The van der Waals surface area contributed by atoms with Gasteiger partial charge < -0.3 is 21.3 Å². The molecule has 0 bridgehead atoms. The number of anilines is 2. The van der Waals surface area contributed by atoms with Gasteiger partial charge in [0.25, 0.3) is 5.91 Å². The summed E-state index contributed by atoms with van der Waals surface area (Å²) < 4.78 is 14.3. The molecule has 8 heteroatoms. The lowest BCUT2D eigenvalue weighted by Gasteiger charge is -2.36. The zero-order valence-electron chi connectivity index (χ0n) is 22.8. The van der Waals surface area contributed by atoms with Crippen LogP contribution in [0.5, 0.6) is 0 Å². The first-order valence-corrected chi connectivity index (χ1v) is 14.7. The summed E-state index contributed by atoms with van der Waals surface area (Å²) in [7, 11) is 0. The second kappa shape index (κ2) is 12.9. The number of hydrogen-bond donors (Lipinski definition) is 3.